The normalized spacial score (nSPS) is 24.4. The van der Waals surface area contributed by atoms with Crippen LogP contribution in [0.4, 0.5) is 11.4 Å². The van der Waals surface area contributed by atoms with Crippen molar-refractivity contribution < 1.29 is 23.9 Å². The van der Waals surface area contributed by atoms with Gasteiger partial charge in [-0.2, -0.15) is 0 Å². The van der Waals surface area contributed by atoms with E-state index in [2.05, 4.69) is 15.6 Å². The lowest BCUT2D eigenvalue weighted by atomic mass is 9.76. The molecular formula is C32H27ClN4O5. The molecule has 4 heterocycles. The number of nitrogens with one attached hydrogen (secondary N) is 3. The number of carbonyl (C=O) groups excluding carboxylic acids is 4. The summed E-state index contributed by atoms with van der Waals surface area (Å²) in [4.78, 5) is 59.1. The van der Waals surface area contributed by atoms with Crippen LogP contribution in [0.25, 0.3) is 10.9 Å². The lowest BCUT2D eigenvalue weighted by Crippen LogP contribution is -2.53. The Balaban J connectivity index is 1.34. The Bertz CT molecular complexity index is 1820. The lowest BCUT2D eigenvalue weighted by Gasteiger charge is -2.29. The molecule has 3 amide bonds. The monoisotopic (exact) mass is 582 g/mol. The number of ether oxygens (including phenoxy) is 1. The number of amides is 3. The number of aromatic nitrogens is 1. The molecule has 10 heteroatoms. The van der Waals surface area contributed by atoms with Crippen molar-refractivity contribution in [3.05, 3.63) is 94.1 Å². The Morgan fingerprint density at radius 2 is 1.81 bits per heavy atom. The molecule has 3 N–H and O–H groups in total. The second-order valence-corrected chi connectivity index (χ2v) is 11.4. The van der Waals surface area contributed by atoms with Crippen LogP contribution in [0.15, 0.2) is 66.9 Å². The molecule has 4 aromatic rings. The highest BCUT2D eigenvalue weighted by atomic mass is 35.5. The molecule has 2 fully saturated rings. The first-order valence-electron chi connectivity index (χ1n) is 13.8. The van der Waals surface area contributed by atoms with Crippen molar-refractivity contribution in [1.29, 1.82) is 0 Å². The summed E-state index contributed by atoms with van der Waals surface area (Å²) in [6, 6.07) is 17.0. The van der Waals surface area contributed by atoms with Crippen molar-refractivity contribution in [3.63, 3.8) is 0 Å². The van der Waals surface area contributed by atoms with Crippen LogP contribution in [0.1, 0.15) is 34.0 Å². The molecule has 2 saturated heterocycles. The van der Waals surface area contributed by atoms with Gasteiger partial charge < -0.3 is 15.0 Å². The average molecular weight is 583 g/mol. The van der Waals surface area contributed by atoms with Crippen LogP contribution in [0.5, 0.6) is 0 Å². The lowest BCUT2D eigenvalue weighted by molar-refractivity contribution is -0.130. The molecule has 9 nitrogen and oxygen atoms in total. The van der Waals surface area contributed by atoms with Gasteiger partial charge in [-0.25, -0.2) is 9.69 Å². The van der Waals surface area contributed by atoms with Crippen LogP contribution >= 0.6 is 11.6 Å². The van der Waals surface area contributed by atoms with Crippen molar-refractivity contribution in [2.24, 2.45) is 11.8 Å². The van der Waals surface area contributed by atoms with Crippen molar-refractivity contribution in [3.8, 4) is 0 Å². The molecule has 1 aromatic heterocycles. The molecule has 0 aliphatic carbocycles. The second-order valence-electron chi connectivity index (χ2n) is 11.0. The molecule has 0 radical (unpaired) electrons. The van der Waals surface area contributed by atoms with Gasteiger partial charge in [0.15, 0.2) is 0 Å². The van der Waals surface area contributed by atoms with Gasteiger partial charge in [-0.05, 0) is 73.9 Å². The Kier molecular flexibility index (Phi) is 6.00. The number of aromatic amines is 1. The Labute approximate surface area is 246 Å². The number of carbonyl (C=O) groups is 4. The van der Waals surface area contributed by atoms with E-state index in [1.165, 1.54) is 12.1 Å². The van der Waals surface area contributed by atoms with E-state index in [-0.39, 0.29) is 12.5 Å². The average Bonchev–Trinajstić information content (AvgIpc) is 3.68. The van der Waals surface area contributed by atoms with E-state index in [4.69, 9.17) is 16.3 Å². The molecule has 7 rings (SSSR count). The van der Waals surface area contributed by atoms with Gasteiger partial charge in [-0.1, -0.05) is 29.8 Å². The second kappa shape index (κ2) is 9.54. The van der Waals surface area contributed by atoms with Crippen molar-refractivity contribution in [2.75, 3.05) is 16.8 Å². The summed E-state index contributed by atoms with van der Waals surface area (Å²) >= 11 is 6.48. The molecule has 0 unspecified atom stereocenters. The minimum Gasteiger partial charge on any atom is -0.462 e. The van der Waals surface area contributed by atoms with Gasteiger partial charge in [0.25, 0.3) is 0 Å². The fourth-order valence-electron chi connectivity index (χ4n) is 6.96. The number of fused-ring (bicyclic) bond motifs is 5. The fraction of sp³-hybridized carbons (Fsp3) is 0.250. The van der Waals surface area contributed by atoms with Crippen LogP contribution in [-0.4, -0.2) is 41.3 Å². The zero-order valence-electron chi connectivity index (χ0n) is 22.9. The SMILES string of the molecule is CCOC(=O)c1ccc(N2C(=O)[C@H]3[C@H](Cc4c[nH]c5ccccc45)N[C@@]4(C(=O)Nc5c(C)cc(Cl)cc54)[C@@H]3C2=O)cc1. The number of benzene rings is 3. The predicted octanol–water partition coefficient (Wildman–Crippen LogP) is 4.47. The van der Waals surface area contributed by atoms with E-state index in [0.717, 1.165) is 26.9 Å². The van der Waals surface area contributed by atoms with E-state index in [1.54, 1.807) is 31.2 Å². The van der Waals surface area contributed by atoms with Gasteiger partial charge in [0, 0.05) is 39.4 Å². The first-order chi connectivity index (χ1) is 20.2. The zero-order valence-corrected chi connectivity index (χ0v) is 23.6. The highest BCUT2D eigenvalue weighted by molar-refractivity contribution is 6.31. The number of hydrogen-bond acceptors (Lipinski definition) is 6. The quantitative estimate of drug-likeness (QED) is 0.236. The first-order valence-corrected chi connectivity index (χ1v) is 14.2. The number of hydrogen-bond donors (Lipinski definition) is 3. The summed E-state index contributed by atoms with van der Waals surface area (Å²) in [6.45, 7) is 3.79. The van der Waals surface area contributed by atoms with Crippen LogP contribution in [0.3, 0.4) is 0 Å². The van der Waals surface area contributed by atoms with Gasteiger partial charge >= 0.3 is 5.97 Å². The molecule has 0 saturated carbocycles. The fourth-order valence-corrected chi connectivity index (χ4v) is 7.23. The van der Waals surface area contributed by atoms with E-state index in [1.807, 2.05) is 37.4 Å². The number of para-hydroxylation sites is 1. The maximum Gasteiger partial charge on any atom is 0.338 e. The Morgan fingerprint density at radius 1 is 1.05 bits per heavy atom. The topological polar surface area (TPSA) is 121 Å². The van der Waals surface area contributed by atoms with Gasteiger partial charge in [0.05, 0.1) is 29.7 Å². The summed E-state index contributed by atoms with van der Waals surface area (Å²) in [5, 5.41) is 7.90. The molecule has 3 aliphatic rings. The van der Waals surface area contributed by atoms with Gasteiger partial charge in [0.1, 0.15) is 5.54 Å². The summed E-state index contributed by atoms with van der Waals surface area (Å²) in [7, 11) is 0. The third-order valence-corrected chi connectivity index (χ3v) is 8.96. The highest BCUT2D eigenvalue weighted by Gasteiger charge is 2.70. The number of anilines is 2. The summed E-state index contributed by atoms with van der Waals surface area (Å²) in [5.74, 6) is -3.60. The summed E-state index contributed by atoms with van der Waals surface area (Å²) < 4.78 is 5.07. The molecule has 3 aromatic carbocycles. The molecule has 4 atom stereocenters. The minimum absolute atomic E-state index is 0.229. The Morgan fingerprint density at radius 3 is 2.57 bits per heavy atom. The molecular weight excluding hydrogens is 556 g/mol. The van der Waals surface area contributed by atoms with E-state index < -0.39 is 41.2 Å². The number of nitrogens with zero attached hydrogens (tertiary/aromatic N) is 1. The van der Waals surface area contributed by atoms with Crippen molar-refractivity contribution in [1.82, 2.24) is 10.3 Å². The van der Waals surface area contributed by atoms with Gasteiger partial charge in [-0.15, -0.1) is 0 Å². The van der Waals surface area contributed by atoms with Crippen molar-refractivity contribution >= 4 is 57.6 Å². The minimum atomic E-state index is -1.49. The standard InChI is InChI=1S/C32H27ClN4O5/c1-3-42-30(40)17-8-10-20(11-9-17)37-28(38)25-24(13-18-15-34-23-7-5-4-6-21(18)23)36-32(26(25)29(37)39)22-14-19(33)12-16(2)27(22)35-31(32)41/h4-12,14-15,24-26,34,36H,3,13H2,1-2H3,(H,35,41)/t24-,25-,26-,32+/m0/s1. The van der Waals surface area contributed by atoms with Crippen LogP contribution in [0.2, 0.25) is 5.02 Å². The summed E-state index contributed by atoms with van der Waals surface area (Å²) in [6.07, 6.45) is 2.31. The molecule has 3 aliphatic heterocycles. The highest BCUT2D eigenvalue weighted by Crippen LogP contribution is 2.55. The Hall–Kier alpha value is -4.47. The smallest absolute Gasteiger partial charge is 0.338 e. The number of halogens is 1. The predicted molar refractivity (Wildman–Crippen MR) is 157 cm³/mol. The summed E-state index contributed by atoms with van der Waals surface area (Å²) in [5.41, 5.74) is 3.01. The van der Waals surface area contributed by atoms with Crippen LogP contribution < -0.4 is 15.5 Å². The molecule has 0 bridgehead atoms. The van der Waals surface area contributed by atoms with E-state index in [0.29, 0.717) is 33.9 Å². The number of imide groups is 1. The van der Waals surface area contributed by atoms with Crippen LogP contribution in [0, 0.1) is 18.8 Å². The molecule has 42 heavy (non-hydrogen) atoms. The maximum atomic E-state index is 14.3. The van der Waals surface area contributed by atoms with Crippen molar-refractivity contribution in [2.45, 2.75) is 31.8 Å². The zero-order chi connectivity index (χ0) is 29.3. The number of aryl methyl sites for hydroxylation is 1. The van der Waals surface area contributed by atoms with Gasteiger partial charge in [-0.3, -0.25) is 19.7 Å². The van der Waals surface area contributed by atoms with Gasteiger partial charge in [0.2, 0.25) is 17.7 Å². The third-order valence-electron chi connectivity index (χ3n) is 8.74. The largest absolute Gasteiger partial charge is 0.462 e. The van der Waals surface area contributed by atoms with E-state index in [9.17, 15) is 19.2 Å². The number of H-pyrrole nitrogens is 1. The maximum absolute atomic E-state index is 14.3. The number of esters is 1. The first kappa shape index (κ1) is 26.4. The third kappa shape index (κ3) is 3.66. The van der Waals surface area contributed by atoms with Crippen LogP contribution in [-0.2, 0) is 31.1 Å². The number of rotatable bonds is 5. The molecule has 212 valence electrons. The van der Waals surface area contributed by atoms with E-state index >= 15 is 0 Å². The molecule has 1 spiro atoms.